The number of epoxide rings is 1. The number of hydrogen-bond donors (Lipinski definition) is 1. The number of benzene rings is 1. The fourth-order valence-electron chi connectivity index (χ4n) is 2.47. The first kappa shape index (κ1) is 18.7. The van der Waals surface area contributed by atoms with Gasteiger partial charge in [0.05, 0.1) is 12.6 Å². The van der Waals surface area contributed by atoms with E-state index in [1.54, 1.807) is 7.11 Å². The van der Waals surface area contributed by atoms with Gasteiger partial charge in [-0.15, -0.1) is 0 Å². The van der Waals surface area contributed by atoms with Crippen molar-refractivity contribution < 1.29 is 23.7 Å². The van der Waals surface area contributed by atoms with Gasteiger partial charge in [-0.2, -0.15) is 0 Å². The number of hydrogen-bond acceptors (Lipinski definition) is 5. The normalized spacial score (nSPS) is 21.2. The minimum absolute atomic E-state index is 0.0381. The second-order valence-electron chi connectivity index (χ2n) is 6.86. The second kappa shape index (κ2) is 8.46. The summed E-state index contributed by atoms with van der Waals surface area (Å²) in [6.07, 6.45) is 0.111. The van der Waals surface area contributed by atoms with Gasteiger partial charge in [0.2, 0.25) is 0 Å². The first-order valence-electron chi connectivity index (χ1n) is 8.14. The molecule has 24 heavy (non-hydrogen) atoms. The van der Waals surface area contributed by atoms with Gasteiger partial charge >= 0.3 is 6.09 Å². The van der Waals surface area contributed by atoms with E-state index in [1.165, 1.54) is 0 Å². The molecule has 0 unspecified atom stereocenters. The topological polar surface area (TPSA) is 69.3 Å². The first-order valence-corrected chi connectivity index (χ1v) is 8.14. The van der Waals surface area contributed by atoms with E-state index >= 15 is 0 Å². The molecule has 0 aliphatic carbocycles. The Morgan fingerprint density at radius 3 is 2.62 bits per heavy atom. The van der Waals surface area contributed by atoms with Crippen LogP contribution in [0.15, 0.2) is 30.3 Å². The molecule has 0 bridgehead atoms. The molecule has 134 valence electrons. The Hall–Kier alpha value is -1.63. The lowest BCUT2D eigenvalue weighted by Gasteiger charge is -2.23. The van der Waals surface area contributed by atoms with Crippen LogP contribution in [0.5, 0.6) is 0 Å². The molecular formula is C18H27NO5. The molecule has 0 spiro atoms. The second-order valence-corrected chi connectivity index (χ2v) is 6.86. The molecule has 6 nitrogen and oxygen atoms in total. The Kier molecular flexibility index (Phi) is 6.60. The molecule has 0 saturated carbocycles. The van der Waals surface area contributed by atoms with Crippen molar-refractivity contribution in [2.75, 3.05) is 20.5 Å². The van der Waals surface area contributed by atoms with E-state index < -0.39 is 11.7 Å². The number of carbonyl (C=O) groups excluding carboxylic acids is 1. The summed E-state index contributed by atoms with van der Waals surface area (Å²) in [5.41, 5.74) is 0.595. The van der Waals surface area contributed by atoms with Crippen LogP contribution in [0.1, 0.15) is 26.3 Å². The zero-order valence-electron chi connectivity index (χ0n) is 14.8. The highest BCUT2D eigenvalue weighted by atomic mass is 16.7. The number of ether oxygens (including phenoxy) is 4. The standard InChI is InChI=1S/C18H27NO5/c1-18(2,3)24-17(20)19-14(10-13-8-6-5-7-9-13)16-15(23-16)11-22-12-21-4/h5-9,14-16H,10-12H2,1-4H3,(H,19,20)/t14-,15+,16-/m0/s1. The van der Waals surface area contributed by atoms with Crippen molar-refractivity contribution >= 4 is 6.09 Å². The van der Waals surface area contributed by atoms with E-state index in [-0.39, 0.29) is 25.0 Å². The number of rotatable bonds is 8. The summed E-state index contributed by atoms with van der Waals surface area (Å²) >= 11 is 0. The van der Waals surface area contributed by atoms with Crippen LogP contribution in [0, 0.1) is 0 Å². The summed E-state index contributed by atoms with van der Waals surface area (Å²) in [7, 11) is 1.58. The van der Waals surface area contributed by atoms with Gasteiger partial charge in [-0.1, -0.05) is 30.3 Å². The third kappa shape index (κ3) is 6.47. The van der Waals surface area contributed by atoms with Crippen LogP contribution in [0.4, 0.5) is 4.79 Å². The fraction of sp³-hybridized carbons (Fsp3) is 0.611. The van der Waals surface area contributed by atoms with Crippen LogP contribution in [0.25, 0.3) is 0 Å². The zero-order chi connectivity index (χ0) is 17.6. The molecule has 3 atom stereocenters. The number of nitrogens with one attached hydrogen (secondary N) is 1. The highest BCUT2D eigenvalue weighted by Crippen LogP contribution is 2.28. The zero-order valence-corrected chi connectivity index (χ0v) is 14.8. The third-order valence-electron chi connectivity index (χ3n) is 3.50. The predicted octanol–water partition coefficient (Wildman–Crippen LogP) is 2.51. The molecular weight excluding hydrogens is 310 g/mol. The first-order chi connectivity index (χ1) is 11.4. The lowest BCUT2D eigenvalue weighted by atomic mass is 10.0. The minimum Gasteiger partial charge on any atom is -0.444 e. The van der Waals surface area contributed by atoms with E-state index in [2.05, 4.69) is 5.32 Å². The van der Waals surface area contributed by atoms with E-state index in [1.807, 2.05) is 51.1 Å². The van der Waals surface area contributed by atoms with Crippen LogP contribution in [-0.4, -0.2) is 50.5 Å². The van der Waals surface area contributed by atoms with Crippen LogP contribution in [0.2, 0.25) is 0 Å². The fourth-order valence-corrected chi connectivity index (χ4v) is 2.47. The van der Waals surface area contributed by atoms with Crippen LogP contribution in [-0.2, 0) is 25.4 Å². The van der Waals surface area contributed by atoms with Crippen molar-refractivity contribution in [3.63, 3.8) is 0 Å². The molecule has 1 heterocycles. The van der Waals surface area contributed by atoms with Gasteiger partial charge in [0.15, 0.2) is 0 Å². The Morgan fingerprint density at radius 1 is 1.29 bits per heavy atom. The Labute approximate surface area is 143 Å². The van der Waals surface area contributed by atoms with Gasteiger partial charge in [-0.3, -0.25) is 0 Å². The van der Waals surface area contributed by atoms with Gasteiger partial charge in [-0.05, 0) is 32.8 Å². The molecule has 0 radical (unpaired) electrons. The van der Waals surface area contributed by atoms with Crippen molar-refractivity contribution in [2.24, 2.45) is 0 Å². The average Bonchev–Trinajstić information content (AvgIpc) is 3.25. The molecule has 2 rings (SSSR count). The number of amides is 1. The minimum atomic E-state index is -0.535. The van der Waals surface area contributed by atoms with Crippen LogP contribution >= 0.6 is 0 Å². The quantitative estimate of drug-likeness (QED) is 0.448. The van der Waals surface area contributed by atoms with Gasteiger partial charge in [0.25, 0.3) is 0 Å². The van der Waals surface area contributed by atoms with E-state index in [9.17, 15) is 4.79 Å². The number of methoxy groups -OCH3 is 1. The molecule has 1 aromatic carbocycles. The van der Waals surface area contributed by atoms with Crippen molar-refractivity contribution in [1.82, 2.24) is 5.32 Å². The number of alkyl carbamates (subject to hydrolysis) is 1. The van der Waals surface area contributed by atoms with Crippen molar-refractivity contribution in [3.8, 4) is 0 Å². The molecule has 1 amide bonds. The molecule has 1 aromatic rings. The highest BCUT2D eigenvalue weighted by Gasteiger charge is 2.46. The summed E-state index contributed by atoms with van der Waals surface area (Å²) in [6, 6.07) is 9.82. The Balaban J connectivity index is 1.93. The van der Waals surface area contributed by atoms with Crippen molar-refractivity contribution in [1.29, 1.82) is 0 Å². The van der Waals surface area contributed by atoms with Crippen LogP contribution in [0.3, 0.4) is 0 Å². The summed E-state index contributed by atoms with van der Waals surface area (Å²) < 4.78 is 21.2. The highest BCUT2D eigenvalue weighted by molar-refractivity contribution is 5.68. The van der Waals surface area contributed by atoms with Crippen molar-refractivity contribution in [3.05, 3.63) is 35.9 Å². The van der Waals surface area contributed by atoms with Gasteiger partial charge in [-0.25, -0.2) is 4.79 Å². The maximum atomic E-state index is 12.1. The molecule has 1 aliphatic heterocycles. The number of carbonyl (C=O) groups is 1. The SMILES string of the molecule is COCOC[C@H]1O[C@H]1[C@H](Cc1ccccc1)NC(=O)OC(C)(C)C. The maximum absolute atomic E-state index is 12.1. The smallest absolute Gasteiger partial charge is 0.407 e. The third-order valence-corrected chi connectivity index (χ3v) is 3.50. The van der Waals surface area contributed by atoms with Gasteiger partial charge in [0.1, 0.15) is 24.6 Å². The summed E-state index contributed by atoms with van der Waals surface area (Å²) in [6.45, 7) is 6.20. The predicted molar refractivity (Wildman–Crippen MR) is 89.8 cm³/mol. The molecule has 1 N–H and O–H groups in total. The monoisotopic (exact) mass is 337 g/mol. The molecule has 1 aliphatic rings. The van der Waals surface area contributed by atoms with Gasteiger partial charge in [0, 0.05) is 7.11 Å². The molecule has 6 heteroatoms. The molecule has 0 aromatic heterocycles. The lowest BCUT2D eigenvalue weighted by Crippen LogP contribution is -2.44. The molecule has 1 fully saturated rings. The maximum Gasteiger partial charge on any atom is 0.407 e. The van der Waals surface area contributed by atoms with E-state index in [0.29, 0.717) is 13.0 Å². The summed E-state index contributed by atoms with van der Waals surface area (Å²) in [5, 5.41) is 2.93. The summed E-state index contributed by atoms with van der Waals surface area (Å²) in [4.78, 5) is 12.1. The van der Waals surface area contributed by atoms with E-state index in [4.69, 9.17) is 18.9 Å². The average molecular weight is 337 g/mol. The Morgan fingerprint density at radius 2 is 2.00 bits per heavy atom. The van der Waals surface area contributed by atoms with Crippen LogP contribution < -0.4 is 5.32 Å². The van der Waals surface area contributed by atoms with E-state index in [0.717, 1.165) is 5.56 Å². The Bertz CT molecular complexity index is 514. The van der Waals surface area contributed by atoms with Crippen molar-refractivity contribution in [2.45, 2.75) is 51.0 Å². The molecule has 1 saturated heterocycles. The largest absolute Gasteiger partial charge is 0.444 e. The summed E-state index contributed by atoms with van der Waals surface area (Å²) in [5.74, 6) is 0. The van der Waals surface area contributed by atoms with Gasteiger partial charge < -0.3 is 24.3 Å². The lowest BCUT2D eigenvalue weighted by molar-refractivity contribution is -0.0352.